The van der Waals surface area contributed by atoms with Crippen LogP contribution in [0.2, 0.25) is 0 Å². The van der Waals surface area contributed by atoms with Crippen molar-refractivity contribution >= 4 is 0 Å². The van der Waals surface area contributed by atoms with Crippen LogP contribution in [0.3, 0.4) is 0 Å². The third-order valence-corrected chi connectivity index (χ3v) is 4.53. The molecular formula is C18H28O3. The third kappa shape index (κ3) is 3.52. The smallest absolute Gasteiger partial charge is 0.128 e. The van der Waals surface area contributed by atoms with Crippen molar-refractivity contribution in [2.45, 2.75) is 51.6 Å². The largest absolute Gasteiger partial charge is 0.496 e. The van der Waals surface area contributed by atoms with Gasteiger partial charge >= 0.3 is 0 Å². The molecule has 0 bridgehead atoms. The second-order valence-electron chi connectivity index (χ2n) is 6.66. The van der Waals surface area contributed by atoms with Crippen LogP contribution in [0.5, 0.6) is 11.5 Å². The van der Waals surface area contributed by atoms with Crippen LogP contribution in [0.4, 0.5) is 0 Å². The average Bonchev–Trinajstić information content (AvgIpc) is 2.45. The van der Waals surface area contributed by atoms with E-state index >= 15 is 0 Å². The van der Waals surface area contributed by atoms with Gasteiger partial charge in [0.1, 0.15) is 11.5 Å². The van der Waals surface area contributed by atoms with Crippen molar-refractivity contribution in [3.8, 4) is 11.5 Å². The van der Waals surface area contributed by atoms with Crippen molar-refractivity contribution in [2.75, 3.05) is 14.2 Å². The second-order valence-corrected chi connectivity index (χ2v) is 6.66. The molecule has 3 heteroatoms. The van der Waals surface area contributed by atoms with Crippen molar-refractivity contribution in [1.29, 1.82) is 0 Å². The first kappa shape index (κ1) is 16.2. The Balaban J connectivity index is 2.34. The molecule has 1 aliphatic rings. The van der Waals surface area contributed by atoms with Crippen molar-refractivity contribution in [3.05, 3.63) is 23.8 Å². The third-order valence-electron chi connectivity index (χ3n) is 4.53. The van der Waals surface area contributed by atoms with Gasteiger partial charge in [-0.15, -0.1) is 0 Å². The van der Waals surface area contributed by atoms with Gasteiger partial charge < -0.3 is 14.6 Å². The Kier molecular flexibility index (Phi) is 5.15. The first-order chi connectivity index (χ1) is 10.00. The zero-order valence-corrected chi connectivity index (χ0v) is 13.7. The molecule has 1 aromatic rings. The molecule has 0 aromatic heterocycles. The molecule has 1 fully saturated rings. The number of hydrogen-bond acceptors (Lipinski definition) is 3. The molecule has 0 amide bonds. The quantitative estimate of drug-likeness (QED) is 0.887. The molecule has 21 heavy (non-hydrogen) atoms. The Bertz CT molecular complexity index is 447. The van der Waals surface area contributed by atoms with Crippen molar-refractivity contribution in [3.63, 3.8) is 0 Å². The lowest BCUT2D eigenvalue weighted by atomic mass is 9.71. The van der Waals surface area contributed by atoms with E-state index in [9.17, 15) is 5.11 Å². The van der Waals surface area contributed by atoms with Gasteiger partial charge in [0.15, 0.2) is 0 Å². The Hall–Kier alpha value is -1.22. The summed E-state index contributed by atoms with van der Waals surface area (Å²) in [6.07, 6.45) is 4.99. The summed E-state index contributed by atoms with van der Waals surface area (Å²) in [5, 5.41) is 11.3. The van der Waals surface area contributed by atoms with Crippen LogP contribution in [0.15, 0.2) is 18.2 Å². The van der Waals surface area contributed by atoms with Crippen molar-refractivity contribution in [1.82, 2.24) is 0 Å². The predicted octanol–water partition coefficient (Wildman–Crippen LogP) is 4.13. The van der Waals surface area contributed by atoms with E-state index in [0.29, 0.717) is 11.8 Å². The predicted molar refractivity (Wildman–Crippen MR) is 84.9 cm³/mol. The summed E-state index contributed by atoms with van der Waals surface area (Å²) in [5.41, 5.74) is -0.0149. The van der Waals surface area contributed by atoms with Gasteiger partial charge in [-0.2, -0.15) is 0 Å². The first-order valence-corrected chi connectivity index (χ1v) is 7.94. The minimum atomic E-state index is -0.838. The Morgan fingerprint density at radius 1 is 1.24 bits per heavy atom. The number of hydrogen-bond donors (Lipinski definition) is 1. The van der Waals surface area contributed by atoms with Gasteiger partial charge in [-0.3, -0.25) is 0 Å². The molecule has 1 aromatic carbocycles. The normalized spacial score (nSPS) is 25.9. The maximum atomic E-state index is 11.3. The average molecular weight is 292 g/mol. The van der Waals surface area contributed by atoms with Crippen LogP contribution in [-0.4, -0.2) is 19.3 Å². The molecule has 0 heterocycles. The molecular weight excluding hydrogens is 264 g/mol. The summed E-state index contributed by atoms with van der Waals surface area (Å²) in [7, 11) is 3.30. The molecule has 3 nitrogen and oxygen atoms in total. The Labute approximate surface area is 128 Å². The topological polar surface area (TPSA) is 38.7 Å². The fraction of sp³-hybridized carbons (Fsp3) is 0.667. The number of aliphatic hydroxyl groups is 1. The van der Waals surface area contributed by atoms with Crippen LogP contribution in [0, 0.1) is 11.8 Å². The lowest BCUT2D eigenvalue weighted by Crippen LogP contribution is -2.34. The van der Waals surface area contributed by atoms with Crippen LogP contribution >= 0.6 is 0 Å². The molecule has 2 unspecified atom stereocenters. The van der Waals surface area contributed by atoms with E-state index in [0.717, 1.165) is 36.3 Å². The molecule has 0 radical (unpaired) electrons. The minimum Gasteiger partial charge on any atom is -0.496 e. The molecule has 1 N–H and O–H groups in total. The summed E-state index contributed by atoms with van der Waals surface area (Å²) in [5.74, 6) is 2.68. The van der Waals surface area contributed by atoms with Crippen molar-refractivity contribution in [2.24, 2.45) is 11.8 Å². The zero-order chi connectivity index (χ0) is 15.5. The summed E-state index contributed by atoms with van der Waals surface area (Å²) >= 11 is 0. The Morgan fingerprint density at radius 3 is 2.38 bits per heavy atom. The molecule has 118 valence electrons. The second kappa shape index (κ2) is 6.69. The van der Waals surface area contributed by atoms with E-state index in [1.807, 2.05) is 18.2 Å². The molecule has 0 saturated heterocycles. The van der Waals surface area contributed by atoms with Gasteiger partial charge in [-0.05, 0) is 49.7 Å². The van der Waals surface area contributed by atoms with Crippen molar-refractivity contribution < 1.29 is 14.6 Å². The summed E-state index contributed by atoms with van der Waals surface area (Å²) in [6, 6.07) is 5.71. The number of methoxy groups -OCH3 is 2. The lowest BCUT2D eigenvalue weighted by molar-refractivity contribution is -0.0277. The lowest BCUT2D eigenvalue weighted by Gasteiger charge is -2.39. The monoisotopic (exact) mass is 292 g/mol. The minimum absolute atomic E-state index is 0.568. The van der Waals surface area contributed by atoms with Crippen LogP contribution < -0.4 is 9.47 Å². The Morgan fingerprint density at radius 2 is 1.86 bits per heavy atom. The SMILES string of the molecule is COc1cccc(OC)c1C1(O)CCCC(CC(C)C)C1. The van der Waals surface area contributed by atoms with Gasteiger partial charge in [-0.25, -0.2) is 0 Å². The molecule has 2 atom stereocenters. The van der Waals surface area contributed by atoms with E-state index < -0.39 is 5.60 Å². The highest BCUT2D eigenvalue weighted by Crippen LogP contribution is 2.48. The van der Waals surface area contributed by atoms with Crippen LogP contribution in [0.25, 0.3) is 0 Å². The maximum Gasteiger partial charge on any atom is 0.128 e. The zero-order valence-electron chi connectivity index (χ0n) is 13.7. The summed E-state index contributed by atoms with van der Waals surface area (Å²) in [6.45, 7) is 4.49. The highest BCUT2D eigenvalue weighted by molar-refractivity contribution is 5.48. The van der Waals surface area contributed by atoms with Gasteiger partial charge in [0.05, 0.1) is 25.4 Å². The van der Waals surface area contributed by atoms with Crippen LogP contribution in [-0.2, 0) is 5.60 Å². The highest BCUT2D eigenvalue weighted by Gasteiger charge is 2.40. The number of rotatable bonds is 5. The maximum absolute atomic E-state index is 11.3. The number of benzene rings is 1. The van der Waals surface area contributed by atoms with E-state index in [4.69, 9.17) is 9.47 Å². The van der Waals surface area contributed by atoms with Gasteiger partial charge in [0.25, 0.3) is 0 Å². The van der Waals surface area contributed by atoms with Crippen LogP contribution in [0.1, 0.15) is 51.5 Å². The van der Waals surface area contributed by atoms with E-state index in [1.165, 1.54) is 12.8 Å². The summed E-state index contributed by atoms with van der Waals surface area (Å²) < 4.78 is 11.0. The fourth-order valence-corrected chi connectivity index (χ4v) is 3.77. The molecule has 1 aliphatic carbocycles. The standard InChI is InChI=1S/C18H28O3/c1-13(2)11-14-7-6-10-18(19,12-14)17-15(20-3)8-5-9-16(17)21-4/h5,8-9,13-14,19H,6-7,10-12H2,1-4H3. The van der Waals surface area contributed by atoms with Gasteiger partial charge in [0.2, 0.25) is 0 Å². The van der Waals surface area contributed by atoms with Gasteiger partial charge in [-0.1, -0.05) is 26.3 Å². The molecule has 0 spiro atoms. The molecule has 1 saturated carbocycles. The van der Waals surface area contributed by atoms with E-state index in [-0.39, 0.29) is 0 Å². The number of ether oxygens (including phenoxy) is 2. The molecule has 0 aliphatic heterocycles. The fourth-order valence-electron chi connectivity index (χ4n) is 3.77. The first-order valence-electron chi connectivity index (χ1n) is 7.94. The van der Waals surface area contributed by atoms with E-state index in [2.05, 4.69) is 13.8 Å². The summed E-state index contributed by atoms with van der Waals surface area (Å²) in [4.78, 5) is 0. The highest BCUT2D eigenvalue weighted by atomic mass is 16.5. The molecule has 2 rings (SSSR count). The van der Waals surface area contributed by atoms with E-state index in [1.54, 1.807) is 14.2 Å². The van der Waals surface area contributed by atoms with Gasteiger partial charge in [0, 0.05) is 0 Å².